The van der Waals surface area contributed by atoms with Crippen molar-refractivity contribution < 1.29 is 9.23 Å². The fourth-order valence-electron chi connectivity index (χ4n) is 0.627. The third-order valence-corrected chi connectivity index (χ3v) is 1.07. The second-order valence-electron chi connectivity index (χ2n) is 1.96. The minimum absolute atomic E-state index is 0.129. The number of aromatic nitrogens is 1. The van der Waals surface area contributed by atoms with E-state index in [1.54, 1.807) is 6.07 Å². The van der Waals surface area contributed by atoms with Crippen LogP contribution in [0.5, 0.6) is 0 Å². The molecule has 0 saturated heterocycles. The molecule has 4 heteroatoms. The maximum atomic E-state index is 12.4. The molecule has 0 bridgehead atoms. The molecule has 0 aliphatic heterocycles. The maximum absolute atomic E-state index is 12.4. The van der Waals surface area contributed by atoms with Gasteiger partial charge >= 0.3 is 0 Å². The van der Waals surface area contributed by atoms with E-state index in [2.05, 4.69) is 16.4 Å². The van der Waals surface area contributed by atoms with Crippen LogP contribution in [-0.4, -0.2) is 11.6 Å². The Morgan fingerprint density at radius 2 is 2.58 bits per heavy atom. The summed E-state index contributed by atoms with van der Waals surface area (Å²) in [5.74, 6) is 1.69. The predicted molar refractivity (Wildman–Crippen MR) is 42.6 cm³/mol. The molecule has 1 aromatic rings. The minimum Gasteiger partial charge on any atom is -0.266 e. The molecule has 0 saturated carbocycles. The highest BCUT2D eigenvalue weighted by atomic mass is 19.1. The highest BCUT2D eigenvalue weighted by Crippen LogP contribution is 2.05. The summed E-state index contributed by atoms with van der Waals surface area (Å²) in [6.45, 7) is 0.129. The molecule has 1 aromatic heterocycles. The number of anilines is 1. The van der Waals surface area contributed by atoms with Gasteiger partial charge in [0.1, 0.15) is 6.61 Å². The van der Waals surface area contributed by atoms with E-state index in [1.165, 1.54) is 12.3 Å². The van der Waals surface area contributed by atoms with Crippen LogP contribution in [0, 0.1) is 18.3 Å². The molecule has 1 heterocycles. The van der Waals surface area contributed by atoms with Gasteiger partial charge in [0.15, 0.2) is 0 Å². The van der Waals surface area contributed by atoms with Crippen LogP contribution in [0.2, 0.25) is 0 Å². The summed E-state index contributed by atoms with van der Waals surface area (Å²) in [7, 11) is 0. The first-order valence-electron chi connectivity index (χ1n) is 3.26. The molecule has 0 atom stereocenters. The van der Waals surface area contributed by atoms with Crippen molar-refractivity contribution in [3.63, 3.8) is 0 Å². The first kappa shape index (κ1) is 8.50. The van der Waals surface area contributed by atoms with E-state index in [0.29, 0.717) is 5.69 Å². The lowest BCUT2D eigenvalue weighted by molar-refractivity contribution is 0.234. The van der Waals surface area contributed by atoms with Gasteiger partial charge in [0.25, 0.3) is 0 Å². The average molecular weight is 166 g/mol. The van der Waals surface area contributed by atoms with Crippen LogP contribution in [0.15, 0.2) is 18.3 Å². The second kappa shape index (κ2) is 4.31. The van der Waals surface area contributed by atoms with Crippen molar-refractivity contribution in [1.82, 2.24) is 4.98 Å². The summed E-state index contributed by atoms with van der Waals surface area (Å²) in [6.07, 6.45) is 6.25. The zero-order chi connectivity index (χ0) is 8.81. The predicted octanol–water partition coefficient (Wildman–Crippen LogP) is 1.20. The molecule has 1 rings (SSSR count). The van der Waals surface area contributed by atoms with E-state index in [4.69, 9.17) is 11.3 Å². The zero-order valence-corrected chi connectivity index (χ0v) is 6.25. The van der Waals surface area contributed by atoms with Crippen molar-refractivity contribution in [2.24, 2.45) is 0 Å². The lowest BCUT2D eigenvalue weighted by Gasteiger charge is -2.02. The Kier molecular flexibility index (Phi) is 3.05. The first-order chi connectivity index (χ1) is 5.83. The minimum atomic E-state index is -0.565. The van der Waals surface area contributed by atoms with Crippen molar-refractivity contribution in [3.8, 4) is 12.3 Å². The van der Waals surface area contributed by atoms with Crippen molar-refractivity contribution in [2.75, 3.05) is 12.1 Å². The summed E-state index contributed by atoms with van der Waals surface area (Å²) >= 11 is 0. The van der Waals surface area contributed by atoms with Gasteiger partial charge in [0.05, 0.1) is 5.69 Å². The van der Waals surface area contributed by atoms with Gasteiger partial charge in [-0.3, -0.25) is 10.3 Å². The van der Waals surface area contributed by atoms with E-state index < -0.39 is 5.95 Å². The molecule has 0 aromatic carbocycles. The number of nitrogens with one attached hydrogen (secondary N) is 1. The molecule has 0 spiro atoms. The molecule has 3 nitrogen and oxygen atoms in total. The van der Waals surface area contributed by atoms with Gasteiger partial charge in [-0.1, -0.05) is 5.92 Å². The van der Waals surface area contributed by atoms with Crippen molar-refractivity contribution in [2.45, 2.75) is 0 Å². The van der Waals surface area contributed by atoms with Gasteiger partial charge in [-0.05, 0) is 6.07 Å². The first-order valence-corrected chi connectivity index (χ1v) is 3.26. The summed E-state index contributed by atoms with van der Waals surface area (Å²) in [6, 6.07) is 2.77. The molecule has 0 aliphatic rings. The van der Waals surface area contributed by atoms with Gasteiger partial charge in [-0.25, -0.2) is 4.98 Å². The highest BCUT2D eigenvalue weighted by Gasteiger charge is 1.93. The number of rotatable bonds is 3. The molecular formula is C8H7FN2O. The zero-order valence-electron chi connectivity index (χ0n) is 6.25. The average Bonchev–Trinajstić information content (AvgIpc) is 2.05. The molecule has 0 amide bonds. The van der Waals surface area contributed by atoms with Crippen LogP contribution in [0.1, 0.15) is 0 Å². The van der Waals surface area contributed by atoms with Crippen molar-refractivity contribution >= 4 is 5.69 Å². The maximum Gasteiger partial charge on any atom is 0.214 e. The summed E-state index contributed by atoms with van der Waals surface area (Å²) in [4.78, 5) is 8.11. The van der Waals surface area contributed by atoms with Crippen LogP contribution >= 0.6 is 0 Å². The molecule has 12 heavy (non-hydrogen) atoms. The van der Waals surface area contributed by atoms with E-state index in [9.17, 15) is 4.39 Å². The van der Waals surface area contributed by atoms with Crippen molar-refractivity contribution in [1.29, 1.82) is 0 Å². The fourth-order valence-corrected chi connectivity index (χ4v) is 0.627. The smallest absolute Gasteiger partial charge is 0.214 e. The number of terminal acetylenes is 1. The van der Waals surface area contributed by atoms with Crippen LogP contribution in [0.25, 0.3) is 0 Å². The third-order valence-electron chi connectivity index (χ3n) is 1.07. The lowest BCUT2D eigenvalue weighted by atomic mass is 10.4. The molecule has 62 valence electrons. The molecule has 0 unspecified atom stereocenters. The molecule has 0 fully saturated rings. The quantitative estimate of drug-likeness (QED) is 0.317. The monoisotopic (exact) mass is 166 g/mol. The second-order valence-corrected chi connectivity index (χ2v) is 1.96. The molecule has 0 aliphatic carbocycles. The Bertz CT molecular complexity index is 295. The number of hydrogen-bond acceptors (Lipinski definition) is 3. The van der Waals surface area contributed by atoms with E-state index in [0.717, 1.165) is 0 Å². The number of halogens is 1. The van der Waals surface area contributed by atoms with E-state index in [1.807, 2.05) is 0 Å². The van der Waals surface area contributed by atoms with Gasteiger partial charge in [0, 0.05) is 12.3 Å². The largest absolute Gasteiger partial charge is 0.266 e. The van der Waals surface area contributed by atoms with Gasteiger partial charge in [-0.15, -0.1) is 6.42 Å². The highest BCUT2D eigenvalue weighted by molar-refractivity contribution is 5.38. The van der Waals surface area contributed by atoms with Crippen LogP contribution in [-0.2, 0) is 4.84 Å². The normalized spacial score (nSPS) is 9.00. The van der Waals surface area contributed by atoms with Gasteiger partial charge in [-0.2, -0.15) is 4.39 Å². The Morgan fingerprint density at radius 3 is 3.25 bits per heavy atom. The number of pyridine rings is 1. The number of hydrogen-bond donors (Lipinski definition) is 1. The molecule has 1 N–H and O–H groups in total. The summed E-state index contributed by atoms with van der Waals surface area (Å²) < 4.78 is 12.4. The molecular weight excluding hydrogens is 159 g/mol. The van der Waals surface area contributed by atoms with Crippen LogP contribution in [0.4, 0.5) is 10.1 Å². The Balaban J connectivity index is 2.48. The Labute approximate surface area is 69.5 Å². The summed E-state index contributed by atoms with van der Waals surface area (Å²) in [5.41, 5.74) is 2.95. The number of nitrogens with zero attached hydrogens (tertiary/aromatic N) is 1. The topological polar surface area (TPSA) is 34.1 Å². The van der Waals surface area contributed by atoms with Crippen LogP contribution < -0.4 is 5.48 Å². The summed E-state index contributed by atoms with van der Waals surface area (Å²) in [5, 5.41) is 0. The van der Waals surface area contributed by atoms with Gasteiger partial charge in [0.2, 0.25) is 5.95 Å². The van der Waals surface area contributed by atoms with E-state index in [-0.39, 0.29) is 6.61 Å². The Morgan fingerprint density at radius 1 is 1.75 bits per heavy atom. The van der Waals surface area contributed by atoms with Crippen LogP contribution in [0.3, 0.4) is 0 Å². The lowest BCUT2D eigenvalue weighted by Crippen LogP contribution is -2.01. The molecule has 0 radical (unpaired) electrons. The third kappa shape index (κ3) is 2.56. The van der Waals surface area contributed by atoms with Crippen molar-refractivity contribution in [3.05, 3.63) is 24.3 Å². The van der Waals surface area contributed by atoms with Gasteiger partial charge < -0.3 is 0 Å². The Hall–Kier alpha value is -1.60. The SMILES string of the molecule is C#CCONc1ccnc(F)c1. The standard InChI is InChI=1S/C8H7FN2O/c1-2-5-12-11-7-3-4-10-8(9)6-7/h1,3-4,6H,5H2,(H,10,11). The van der Waals surface area contributed by atoms with E-state index >= 15 is 0 Å². The fraction of sp³-hybridized carbons (Fsp3) is 0.125.